The predicted octanol–water partition coefficient (Wildman–Crippen LogP) is 6.00. The van der Waals surface area contributed by atoms with E-state index >= 15 is 0 Å². The molecule has 0 bridgehead atoms. The zero-order valence-electron chi connectivity index (χ0n) is 13.6. The van der Waals surface area contributed by atoms with Gasteiger partial charge in [-0.2, -0.15) is 0 Å². The molecule has 1 N–H and O–H groups in total. The molecule has 0 aromatic heterocycles. The maximum Gasteiger partial charge on any atom is 0.188 e. The van der Waals surface area contributed by atoms with E-state index in [2.05, 4.69) is 5.32 Å². The number of halogens is 1. The number of hydrogen-bond acceptors (Lipinski definition) is 2. The molecule has 0 aliphatic carbocycles. The summed E-state index contributed by atoms with van der Waals surface area (Å²) in [5, 5.41) is 5.94. The highest BCUT2D eigenvalue weighted by Crippen LogP contribution is 2.22. The van der Waals surface area contributed by atoms with Gasteiger partial charge in [-0.1, -0.05) is 60.1 Å². The fraction of sp³-hybridized carbons (Fsp3) is 0.0952. The summed E-state index contributed by atoms with van der Waals surface area (Å²) in [5.41, 5.74) is 3.37. The lowest BCUT2D eigenvalue weighted by molar-refractivity contribution is 0.104. The SMILES string of the molecule is C/C(=C/C(=O)c1cccc2ccccc12)Nc1ccc(C)c(Cl)c1. The Bertz CT molecular complexity index is 938. The number of anilines is 1. The number of carbonyl (C=O) groups excluding carboxylic acids is 1. The van der Waals surface area contributed by atoms with Gasteiger partial charge in [-0.25, -0.2) is 0 Å². The minimum absolute atomic E-state index is 0.0185. The van der Waals surface area contributed by atoms with Gasteiger partial charge in [-0.05, 0) is 42.3 Å². The molecule has 0 atom stereocenters. The molecule has 0 amide bonds. The Morgan fingerprint density at radius 3 is 2.58 bits per heavy atom. The lowest BCUT2D eigenvalue weighted by Gasteiger charge is -2.09. The molecule has 3 heteroatoms. The molecule has 3 rings (SSSR count). The summed E-state index contributed by atoms with van der Waals surface area (Å²) >= 11 is 6.14. The normalized spacial score (nSPS) is 11.5. The van der Waals surface area contributed by atoms with E-state index in [1.165, 1.54) is 0 Å². The Balaban J connectivity index is 1.86. The third kappa shape index (κ3) is 3.50. The molecule has 0 heterocycles. The lowest BCUT2D eigenvalue weighted by Crippen LogP contribution is -2.02. The van der Waals surface area contributed by atoms with Crippen LogP contribution in [0.5, 0.6) is 0 Å². The molecule has 0 fully saturated rings. The molecule has 0 saturated carbocycles. The van der Waals surface area contributed by atoms with E-state index in [1.54, 1.807) is 6.08 Å². The fourth-order valence-corrected chi connectivity index (χ4v) is 2.83. The smallest absolute Gasteiger partial charge is 0.188 e. The number of allylic oxidation sites excluding steroid dienone is 2. The number of nitrogens with one attached hydrogen (secondary N) is 1. The van der Waals surface area contributed by atoms with Crippen LogP contribution in [0.2, 0.25) is 5.02 Å². The summed E-state index contributed by atoms with van der Waals surface area (Å²) in [7, 11) is 0. The minimum atomic E-state index is -0.0185. The van der Waals surface area contributed by atoms with Gasteiger partial charge in [-0.3, -0.25) is 4.79 Å². The van der Waals surface area contributed by atoms with Gasteiger partial charge in [0.25, 0.3) is 0 Å². The molecular weight excluding hydrogens is 318 g/mol. The Morgan fingerprint density at radius 1 is 1.04 bits per heavy atom. The number of ketones is 1. The van der Waals surface area contributed by atoms with E-state index < -0.39 is 0 Å². The first-order chi connectivity index (χ1) is 11.5. The van der Waals surface area contributed by atoms with Crippen LogP contribution in [0, 0.1) is 6.92 Å². The third-order valence-corrected chi connectivity index (χ3v) is 4.32. The Labute approximate surface area is 146 Å². The van der Waals surface area contributed by atoms with Gasteiger partial charge < -0.3 is 5.32 Å². The van der Waals surface area contributed by atoms with E-state index in [9.17, 15) is 4.79 Å². The van der Waals surface area contributed by atoms with Gasteiger partial charge in [0.15, 0.2) is 5.78 Å². The highest BCUT2D eigenvalue weighted by Gasteiger charge is 2.08. The Morgan fingerprint density at radius 2 is 1.79 bits per heavy atom. The highest BCUT2D eigenvalue weighted by molar-refractivity contribution is 6.31. The van der Waals surface area contributed by atoms with Crippen LogP contribution in [-0.2, 0) is 0 Å². The fourth-order valence-electron chi connectivity index (χ4n) is 2.65. The lowest BCUT2D eigenvalue weighted by atomic mass is 10.0. The van der Waals surface area contributed by atoms with Crippen molar-refractivity contribution >= 4 is 33.8 Å². The molecule has 0 aliphatic rings. The van der Waals surface area contributed by atoms with Gasteiger partial charge in [0.1, 0.15) is 0 Å². The average molecular weight is 336 g/mol. The Kier molecular flexibility index (Phi) is 4.68. The molecule has 2 nitrogen and oxygen atoms in total. The summed E-state index contributed by atoms with van der Waals surface area (Å²) in [4.78, 5) is 12.6. The monoisotopic (exact) mass is 335 g/mol. The van der Waals surface area contributed by atoms with Crippen molar-refractivity contribution in [3.05, 3.63) is 88.6 Å². The molecule has 24 heavy (non-hydrogen) atoms. The van der Waals surface area contributed by atoms with Gasteiger partial charge >= 0.3 is 0 Å². The van der Waals surface area contributed by atoms with Crippen molar-refractivity contribution in [1.82, 2.24) is 0 Å². The minimum Gasteiger partial charge on any atom is -0.359 e. The zero-order valence-corrected chi connectivity index (χ0v) is 14.4. The van der Waals surface area contributed by atoms with E-state index in [-0.39, 0.29) is 5.78 Å². The van der Waals surface area contributed by atoms with Gasteiger partial charge in [0.05, 0.1) is 0 Å². The number of benzene rings is 3. The first-order valence-electron chi connectivity index (χ1n) is 7.78. The summed E-state index contributed by atoms with van der Waals surface area (Å²) < 4.78 is 0. The quantitative estimate of drug-likeness (QED) is 0.468. The molecule has 0 radical (unpaired) electrons. The van der Waals surface area contributed by atoms with Crippen molar-refractivity contribution in [2.45, 2.75) is 13.8 Å². The summed E-state index contributed by atoms with van der Waals surface area (Å²) in [6.07, 6.45) is 1.62. The maximum absolute atomic E-state index is 12.6. The predicted molar refractivity (Wildman–Crippen MR) is 102 cm³/mol. The molecule has 3 aromatic rings. The summed E-state index contributed by atoms with van der Waals surface area (Å²) in [6.45, 7) is 3.83. The van der Waals surface area contributed by atoms with Crippen LogP contribution in [0.25, 0.3) is 10.8 Å². The van der Waals surface area contributed by atoms with Crippen LogP contribution >= 0.6 is 11.6 Å². The number of rotatable bonds is 4. The Hall–Kier alpha value is -2.58. The number of hydrogen-bond donors (Lipinski definition) is 1. The van der Waals surface area contributed by atoms with Gasteiger partial charge in [0, 0.05) is 28.0 Å². The number of aryl methyl sites for hydroxylation is 1. The first-order valence-corrected chi connectivity index (χ1v) is 8.16. The molecule has 0 saturated heterocycles. The number of fused-ring (bicyclic) bond motifs is 1. The maximum atomic E-state index is 12.6. The molecular formula is C21H18ClNO. The van der Waals surface area contributed by atoms with Crippen molar-refractivity contribution < 1.29 is 4.79 Å². The van der Waals surface area contributed by atoms with Gasteiger partial charge in [0.2, 0.25) is 0 Å². The third-order valence-electron chi connectivity index (χ3n) is 3.92. The molecule has 0 unspecified atom stereocenters. The van der Waals surface area contributed by atoms with Crippen molar-refractivity contribution in [3.63, 3.8) is 0 Å². The second kappa shape index (κ2) is 6.90. The number of carbonyl (C=O) groups is 1. The second-order valence-corrected chi connectivity index (χ2v) is 6.21. The molecule has 3 aromatic carbocycles. The van der Waals surface area contributed by atoms with Crippen LogP contribution in [0.15, 0.2) is 72.4 Å². The average Bonchev–Trinajstić information content (AvgIpc) is 2.57. The topological polar surface area (TPSA) is 29.1 Å². The van der Waals surface area contributed by atoms with E-state index in [0.29, 0.717) is 10.6 Å². The largest absolute Gasteiger partial charge is 0.359 e. The van der Waals surface area contributed by atoms with Gasteiger partial charge in [-0.15, -0.1) is 0 Å². The standard InChI is InChI=1S/C21H18ClNO/c1-14-10-11-17(13-20(14)22)23-15(2)12-21(24)19-9-5-7-16-6-3-4-8-18(16)19/h3-13,23H,1-2H3/b15-12-. The molecule has 120 valence electrons. The van der Waals surface area contributed by atoms with Crippen molar-refractivity contribution in [1.29, 1.82) is 0 Å². The first kappa shape index (κ1) is 16.3. The highest BCUT2D eigenvalue weighted by atomic mass is 35.5. The van der Waals surface area contributed by atoms with E-state index in [0.717, 1.165) is 27.7 Å². The summed E-state index contributed by atoms with van der Waals surface area (Å²) in [6, 6.07) is 19.4. The van der Waals surface area contributed by atoms with Crippen LogP contribution in [0.1, 0.15) is 22.8 Å². The van der Waals surface area contributed by atoms with Crippen LogP contribution in [0.4, 0.5) is 5.69 Å². The van der Waals surface area contributed by atoms with Crippen LogP contribution in [-0.4, -0.2) is 5.78 Å². The van der Waals surface area contributed by atoms with Crippen molar-refractivity contribution in [3.8, 4) is 0 Å². The van der Waals surface area contributed by atoms with Crippen molar-refractivity contribution in [2.75, 3.05) is 5.32 Å². The molecule has 0 aliphatic heterocycles. The van der Waals surface area contributed by atoms with E-state index in [4.69, 9.17) is 11.6 Å². The van der Waals surface area contributed by atoms with Crippen LogP contribution in [0.3, 0.4) is 0 Å². The zero-order chi connectivity index (χ0) is 17.1. The molecule has 0 spiro atoms. The second-order valence-electron chi connectivity index (χ2n) is 5.81. The summed E-state index contributed by atoms with van der Waals surface area (Å²) in [5.74, 6) is -0.0185. The van der Waals surface area contributed by atoms with Crippen molar-refractivity contribution in [2.24, 2.45) is 0 Å². The van der Waals surface area contributed by atoms with E-state index in [1.807, 2.05) is 74.5 Å². The van der Waals surface area contributed by atoms with Crippen LogP contribution < -0.4 is 5.32 Å².